The number of carbonyl (C=O) groups is 3. The van der Waals surface area contributed by atoms with Crippen molar-refractivity contribution in [2.75, 3.05) is 10.2 Å². The van der Waals surface area contributed by atoms with Crippen molar-refractivity contribution in [3.05, 3.63) is 77.0 Å². The summed E-state index contributed by atoms with van der Waals surface area (Å²) in [5.41, 5.74) is 2.38. The first-order chi connectivity index (χ1) is 17.7. The second-order valence-corrected chi connectivity index (χ2v) is 9.48. The standard InChI is InChI=1S/C28H32N4O5/c1-17-9-11-22(18(2)15-17)32(26(34)14-13-25(33)30-24-16-20(4)37-31-24)27(23-12-10-19(3)36-23)28(35)29-21-7-5-6-8-21/h9-16,21,27H,5-8H2,1-4H3,(H,29,35)(H,30,31,33). The lowest BCUT2D eigenvalue weighted by molar-refractivity contribution is -0.126. The van der Waals surface area contributed by atoms with Crippen molar-refractivity contribution in [2.45, 2.75) is 65.5 Å². The average molecular weight is 505 g/mol. The Balaban J connectivity index is 1.69. The number of amides is 3. The fourth-order valence-electron chi connectivity index (χ4n) is 4.61. The van der Waals surface area contributed by atoms with Crippen LogP contribution in [0.25, 0.3) is 0 Å². The van der Waals surface area contributed by atoms with E-state index in [-0.39, 0.29) is 17.8 Å². The lowest BCUT2D eigenvalue weighted by Crippen LogP contribution is -2.46. The SMILES string of the molecule is Cc1ccc(N(C(=O)C=CC(=O)Nc2cc(C)on2)C(C(=O)NC2CCCC2)c2ccc(C)o2)c(C)c1. The Morgan fingerprint density at radius 1 is 1.00 bits per heavy atom. The molecule has 2 heterocycles. The van der Waals surface area contributed by atoms with Crippen molar-refractivity contribution in [2.24, 2.45) is 0 Å². The molecule has 0 radical (unpaired) electrons. The third kappa shape index (κ3) is 6.35. The third-order valence-electron chi connectivity index (χ3n) is 6.34. The van der Waals surface area contributed by atoms with Gasteiger partial charge in [-0.2, -0.15) is 0 Å². The zero-order valence-electron chi connectivity index (χ0n) is 21.5. The second-order valence-electron chi connectivity index (χ2n) is 9.48. The van der Waals surface area contributed by atoms with E-state index in [0.717, 1.165) is 49.0 Å². The Morgan fingerprint density at radius 2 is 1.76 bits per heavy atom. The summed E-state index contributed by atoms with van der Waals surface area (Å²) in [4.78, 5) is 41.3. The molecule has 4 rings (SSSR count). The summed E-state index contributed by atoms with van der Waals surface area (Å²) in [6, 6.07) is 9.66. The van der Waals surface area contributed by atoms with E-state index >= 15 is 0 Å². The number of carbonyl (C=O) groups excluding carboxylic acids is 3. The van der Waals surface area contributed by atoms with E-state index in [1.54, 1.807) is 38.1 Å². The number of aryl methyl sites for hydroxylation is 4. The molecule has 1 aromatic carbocycles. The highest BCUT2D eigenvalue weighted by atomic mass is 16.5. The van der Waals surface area contributed by atoms with Crippen LogP contribution < -0.4 is 15.5 Å². The monoisotopic (exact) mass is 504 g/mol. The van der Waals surface area contributed by atoms with Gasteiger partial charge in [-0.05, 0) is 64.3 Å². The first kappa shape index (κ1) is 25.9. The van der Waals surface area contributed by atoms with Crippen LogP contribution in [0.3, 0.4) is 0 Å². The Bertz CT molecular complexity index is 1320. The van der Waals surface area contributed by atoms with Crippen molar-refractivity contribution in [3.8, 4) is 0 Å². The molecule has 9 heteroatoms. The largest absolute Gasteiger partial charge is 0.464 e. The number of nitrogens with one attached hydrogen (secondary N) is 2. The summed E-state index contributed by atoms with van der Waals surface area (Å²) in [6.07, 6.45) is 6.16. The number of aromatic nitrogens is 1. The smallest absolute Gasteiger partial charge is 0.252 e. The van der Waals surface area contributed by atoms with Gasteiger partial charge >= 0.3 is 0 Å². The Hall–Kier alpha value is -4.14. The van der Waals surface area contributed by atoms with Crippen LogP contribution in [-0.4, -0.2) is 28.9 Å². The van der Waals surface area contributed by atoms with Crippen LogP contribution >= 0.6 is 0 Å². The fraction of sp³-hybridized carbons (Fsp3) is 0.357. The highest BCUT2D eigenvalue weighted by Crippen LogP contribution is 2.33. The molecule has 1 fully saturated rings. The molecule has 2 N–H and O–H groups in total. The number of rotatable bonds is 8. The van der Waals surface area contributed by atoms with E-state index in [1.165, 1.54) is 4.90 Å². The van der Waals surface area contributed by atoms with Crippen LogP contribution in [0.1, 0.15) is 60.1 Å². The number of anilines is 2. The maximum Gasteiger partial charge on any atom is 0.252 e. The van der Waals surface area contributed by atoms with Crippen molar-refractivity contribution in [1.29, 1.82) is 0 Å². The Labute approximate surface area is 215 Å². The van der Waals surface area contributed by atoms with Gasteiger partial charge in [-0.3, -0.25) is 19.3 Å². The number of benzene rings is 1. The van der Waals surface area contributed by atoms with Gasteiger partial charge in [0, 0.05) is 29.9 Å². The van der Waals surface area contributed by atoms with Crippen molar-refractivity contribution < 1.29 is 23.3 Å². The lowest BCUT2D eigenvalue weighted by atomic mass is 10.0. The van der Waals surface area contributed by atoms with Crippen LogP contribution in [0.2, 0.25) is 0 Å². The fourth-order valence-corrected chi connectivity index (χ4v) is 4.61. The molecule has 0 spiro atoms. The summed E-state index contributed by atoms with van der Waals surface area (Å²) in [7, 11) is 0. The molecule has 3 aromatic rings. The van der Waals surface area contributed by atoms with Gasteiger partial charge in [0.15, 0.2) is 11.9 Å². The molecule has 3 amide bonds. The highest BCUT2D eigenvalue weighted by Gasteiger charge is 2.36. The van der Waals surface area contributed by atoms with Crippen LogP contribution in [0.4, 0.5) is 11.5 Å². The highest BCUT2D eigenvalue weighted by molar-refractivity contribution is 6.10. The number of nitrogens with zero attached hydrogens (tertiary/aromatic N) is 2. The molecule has 0 aliphatic heterocycles. The third-order valence-corrected chi connectivity index (χ3v) is 6.34. The summed E-state index contributed by atoms with van der Waals surface area (Å²) in [6.45, 7) is 7.33. The summed E-state index contributed by atoms with van der Waals surface area (Å²) >= 11 is 0. The predicted molar refractivity (Wildman–Crippen MR) is 139 cm³/mol. The molecule has 1 aliphatic rings. The lowest BCUT2D eigenvalue weighted by Gasteiger charge is -2.31. The first-order valence-electron chi connectivity index (χ1n) is 12.4. The van der Waals surface area contributed by atoms with Crippen LogP contribution in [0.15, 0.2) is 57.5 Å². The number of furan rings is 1. The molecule has 1 unspecified atom stereocenters. The van der Waals surface area contributed by atoms with E-state index in [9.17, 15) is 14.4 Å². The van der Waals surface area contributed by atoms with Gasteiger partial charge in [0.05, 0.1) is 0 Å². The molecule has 1 atom stereocenters. The zero-order valence-corrected chi connectivity index (χ0v) is 21.5. The molecular weight excluding hydrogens is 472 g/mol. The first-order valence-corrected chi connectivity index (χ1v) is 12.4. The zero-order chi connectivity index (χ0) is 26.5. The molecule has 2 aromatic heterocycles. The van der Waals surface area contributed by atoms with Gasteiger partial charge in [-0.15, -0.1) is 0 Å². The van der Waals surface area contributed by atoms with E-state index in [2.05, 4.69) is 15.8 Å². The van der Waals surface area contributed by atoms with Crippen molar-refractivity contribution in [3.63, 3.8) is 0 Å². The van der Waals surface area contributed by atoms with Gasteiger partial charge in [-0.25, -0.2) is 0 Å². The van der Waals surface area contributed by atoms with E-state index in [4.69, 9.17) is 8.94 Å². The van der Waals surface area contributed by atoms with E-state index in [1.807, 2.05) is 26.0 Å². The van der Waals surface area contributed by atoms with Crippen LogP contribution in [0.5, 0.6) is 0 Å². The molecule has 37 heavy (non-hydrogen) atoms. The van der Waals surface area contributed by atoms with Crippen molar-refractivity contribution in [1.82, 2.24) is 10.5 Å². The van der Waals surface area contributed by atoms with E-state index < -0.39 is 17.9 Å². The summed E-state index contributed by atoms with van der Waals surface area (Å²) < 4.78 is 10.8. The van der Waals surface area contributed by atoms with E-state index in [0.29, 0.717) is 23.0 Å². The number of hydrogen-bond acceptors (Lipinski definition) is 6. The van der Waals surface area contributed by atoms with Gasteiger partial charge in [0.25, 0.3) is 11.8 Å². The van der Waals surface area contributed by atoms with Gasteiger partial charge in [-0.1, -0.05) is 35.7 Å². The Morgan fingerprint density at radius 3 is 2.38 bits per heavy atom. The molecule has 194 valence electrons. The summed E-state index contributed by atoms with van der Waals surface area (Å²) in [5, 5.41) is 9.39. The van der Waals surface area contributed by atoms with Gasteiger partial charge in [0.1, 0.15) is 17.3 Å². The molecule has 0 saturated heterocycles. The molecule has 9 nitrogen and oxygen atoms in total. The number of hydrogen-bond donors (Lipinski definition) is 2. The molecule has 0 bridgehead atoms. The molecule has 1 saturated carbocycles. The maximum atomic E-state index is 13.7. The predicted octanol–water partition coefficient (Wildman–Crippen LogP) is 4.83. The minimum atomic E-state index is -1.06. The van der Waals surface area contributed by atoms with Crippen LogP contribution in [0, 0.1) is 27.7 Å². The quantitative estimate of drug-likeness (QED) is 0.424. The van der Waals surface area contributed by atoms with Gasteiger partial charge < -0.3 is 19.6 Å². The normalized spacial score (nSPS) is 14.6. The second kappa shape index (κ2) is 11.3. The molecular formula is C28H32N4O5. The maximum absolute atomic E-state index is 13.7. The minimum absolute atomic E-state index is 0.0503. The van der Waals surface area contributed by atoms with Crippen molar-refractivity contribution >= 4 is 29.2 Å². The van der Waals surface area contributed by atoms with Gasteiger partial charge in [0.2, 0.25) is 5.91 Å². The topological polar surface area (TPSA) is 118 Å². The summed E-state index contributed by atoms with van der Waals surface area (Å²) in [5.74, 6) is 0.330. The molecule has 1 aliphatic carbocycles. The average Bonchev–Trinajstić information content (AvgIpc) is 3.60. The minimum Gasteiger partial charge on any atom is -0.464 e. The van der Waals surface area contributed by atoms with Crippen LogP contribution in [-0.2, 0) is 14.4 Å². The Kier molecular flexibility index (Phi) is 7.91.